The predicted molar refractivity (Wildman–Crippen MR) is 62.5 cm³/mol. The SMILES string of the molecule is O[C@H]1CCCN(Cc2ccnc(Br)c2)C1. The van der Waals surface area contributed by atoms with E-state index in [2.05, 4.69) is 25.8 Å². The lowest BCUT2D eigenvalue weighted by Gasteiger charge is -2.29. The van der Waals surface area contributed by atoms with Crippen LogP contribution < -0.4 is 0 Å². The summed E-state index contributed by atoms with van der Waals surface area (Å²) in [4.78, 5) is 6.38. The largest absolute Gasteiger partial charge is 0.392 e. The maximum atomic E-state index is 9.55. The Balaban J connectivity index is 1.96. The van der Waals surface area contributed by atoms with Crippen LogP contribution in [-0.2, 0) is 6.54 Å². The number of nitrogens with zero attached hydrogens (tertiary/aromatic N) is 2. The Morgan fingerprint density at radius 3 is 3.20 bits per heavy atom. The van der Waals surface area contributed by atoms with Crippen LogP contribution in [-0.4, -0.2) is 34.2 Å². The summed E-state index contributed by atoms with van der Waals surface area (Å²) in [7, 11) is 0. The predicted octanol–water partition coefficient (Wildman–Crippen LogP) is 1.80. The van der Waals surface area contributed by atoms with Gasteiger partial charge in [-0.15, -0.1) is 0 Å². The first-order valence-corrected chi connectivity index (χ1v) is 6.04. The Kier molecular flexibility index (Phi) is 3.72. The molecule has 0 unspecified atom stereocenters. The molecule has 0 spiro atoms. The van der Waals surface area contributed by atoms with Crippen molar-refractivity contribution < 1.29 is 5.11 Å². The van der Waals surface area contributed by atoms with Crippen LogP contribution in [0.2, 0.25) is 0 Å². The summed E-state index contributed by atoms with van der Waals surface area (Å²) in [6, 6.07) is 4.05. The molecule has 1 fully saturated rings. The topological polar surface area (TPSA) is 36.4 Å². The Morgan fingerprint density at radius 1 is 1.60 bits per heavy atom. The number of halogens is 1. The van der Waals surface area contributed by atoms with Crippen molar-refractivity contribution in [3.63, 3.8) is 0 Å². The van der Waals surface area contributed by atoms with Crippen LogP contribution in [0.4, 0.5) is 0 Å². The Hall–Kier alpha value is -0.450. The molecule has 0 saturated carbocycles. The van der Waals surface area contributed by atoms with Crippen molar-refractivity contribution in [2.45, 2.75) is 25.5 Å². The van der Waals surface area contributed by atoms with E-state index in [4.69, 9.17) is 0 Å². The van der Waals surface area contributed by atoms with Crippen LogP contribution in [0.25, 0.3) is 0 Å². The van der Waals surface area contributed by atoms with Gasteiger partial charge in [0.05, 0.1) is 6.10 Å². The van der Waals surface area contributed by atoms with Gasteiger partial charge in [0.15, 0.2) is 0 Å². The second kappa shape index (κ2) is 5.05. The maximum absolute atomic E-state index is 9.55. The van der Waals surface area contributed by atoms with Crippen molar-refractivity contribution in [2.75, 3.05) is 13.1 Å². The molecule has 1 saturated heterocycles. The van der Waals surface area contributed by atoms with Crippen LogP contribution in [0.1, 0.15) is 18.4 Å². The molecular formula is C11H15BrN2O. The molecule has 0 aliphatic carbocycles. The number of piperidine rings is 1. The van der Waals surface area contributed by atoms with Crippen LogP contribution in [0, 0.1) is 0 Å². The number of β-amino-alcohol motifs (C(OH)–C–C–N with tert-alkyl or cyclic N) is 1. The van der Waals surface area contributed by atoms with E-state index in [1.807, 2.05) is 12.1 Å². The highest BCUT2D eigenvalue weighted by molar-refractivity contribution is 9.10. The lowest BCUT2D eigenvalue weighted by atomic mass is 10.1. The zero-order valence-electron chi connectivity index (χ0n) is 8.56. The molecule has 1 aromatic rings. The maximum Gasteiger partial charge on any atom is 0.106 e. The average Bonchev–Trinajstić information content (AvgIpc) is 2.17. The molecule has 0 amide bonds. The molecule has 4 heteroatoms. The van der Waals surface area contributed by atoms with Gasteiger partial charge in [0.1, 0.15) is 4.60 Å². The van der Waals surface area contributed by atoms with Gasteiger partial charge in [-0.05, 0) is 53.0 Å². The van der Waals surface area contributed by atoms with Crippen molar-refractivity contribution in [3.8, 4) is 0 Å². The zero-order valence-corrected chi connectivity index (χ0v) is 10.2. The summed E-state index contributed by atoms with van der Waals surface area (Å²) >= 11 is 3.36. The van der Waals surface area contributed by atoms with E-state index in [0.29, 0.717) is 0 Å². The standard InChI is InChI=1S/C11H15BrN2O/c12-11-6-9(3-4-13-11)7-14-5-1-2-10(15)8-14/h3-4,6,10,15H,1-2,5,7-8H2/t10-/m0/s1. The summed E-state index contributed by atoms with van der Waals surface area (Å²) in [6.07, 6.45) is 3.69. The van der Waals surface area contributed by atoms with Crippen molar-refractivity contribution in [2.24, 2.45) is 0 Å². The summed E-state index contributed by atoms with van der Waals surface area (Å²) in [5.41, 5.74) is 1.24. The van der Waals surface area contributed by atoms with Gasteiger partial charge >= 0.3 is 0 Å². The molecule has 1 N–H and O–H groups in total. The fourth-order valence-electron chi connectivity index (χ4n) is 1.97. The summed E-state index contributed by atoms with van der Waals surface area (Å²) < 4.78 is 0.873. The molecule has 0 bridgehead atoms. The molecular weight excluding hydrogens is 256 g/mol. The highest BCUT2D eigenvalue weighted by Crippen LogP contribution is 2.15. The van der Waals surface area contributed by atoms with Crippen molar-refractivity contribution in [1.29, 1.82) is 0 Å². The third-order valence-corrected chi connectivity index (χ3v) is 3.11. The fraction of sp³-hybridized carbons (Fsp3) is 0.545. The number of aliphatic hydroxyl groups excluding tert-OH is 1. The Bertz CT molecular complexity index is 332. The van der Waals surface area contributed by atoms with E-state index >= 15 is 0 Å². The number of aliphatic hydroxyl groups is 1. The summed E-state index contributed by atoms with van der Waals surface area (Å²) in [6.45, 7) is 2.77. The van der Waals surface area contributed by atoms with E-state index < -0.39 is 0 Å². The monoisotopic (exact) mass is 270 g/mol. The minimum absolute atomic E-state index is 0.149. The van der Waals surface area contributed by atoms with E-state index in [-0.39, 0.29) is 6.10 Å². The Labute approximate surface area is 98.3 Å². The molecule has 2 heterocycles. The molecule has 2 rings (SSSR count). The zero-order chi connectivity index (χ0) is 10.7. The van der Waals surface area contributed by atoms with Gasteiger partial charge in [-0.25, -0.2) is 4.98 Å². The second-order valence-corrected chi connectivity index (χ2v) is 4.83. The second-order valence-electron chi connectivity index (χ2n) is 4.02. The Morgan fingerprint density at radius 2 is 2.47 bits per heavy atom. The summed E-state index contributed by atoms with van der Waals surface area (Å²) in [5.74, 6) is 0. The molecule has 1 atom stereocenters. The van der Waals surface area contributed by atoms with Crippen molar-refractivity contribution in [3.05, 3.63) is 28.5 Å². The van der Waals surface area contributed by atoms with E-state index in [1.54, 1.807) is 6.20 Å². The van der Waals surface area contributed by atoms with Gasteiger partial charge in [-0.1, -0.05) is 0 Å². The van der Waals surface area contributed by atoms with Gasteiger partial charge in [-0.3, -0.25) is 4.90 Å². The number of aromatic nitrogens is 1. The number of hydrogen-bond donors (Lipinski definition) is 1. The lowest BCUT2D eigenvalue weighted by Crippen LogP contribution is -2.37. The molecule has 1 aliphatic rings. The van der Waals surface area contributed by atoms with Crippen LogP contribution in [0.3, 0.4) is 0 Å². The van der Waals surface area contributed by atoms with Gasteiger partial charge in [-0.2, -0.15) is 0 Å². The first kappa shape index (κ1) is 11.0. The molecule has 0 radical (unpaired) electrons. The molecule has 1 aliphatic heterocycles. The van der Waals surface area contributed by atoms with E-state index in [1.165, 1.54) is 5.56 Å². The highest BCUT2D eigenvalue weighted by atomic mass is 79.9. The fourth-order valence-corrected chi connectivity index (χ4v) is 2.39. The summed E-state index contributed by atoms with van der Waals surface area (Å²) in [5, 5.41) is 9.55. The molecule has 3 nitrogen and oxygen atoms in total. The van der Waals surface area contributed by atoms with Gasteiger partial charge in [0.2, 0.25) is 0 Å². The van der Waals surface area contributed by atoms with Crippen LogP contribution in [0.15, 0.2) is 22.9 Å². The van der Waals surface area contributed by atoms with Crippen LogP contribution >= 0.6 is 15.9 Å². The number of likely N-dealkylation sites (tertiary alicyclic amines) is 1. The van der Waals surface area contributed by atoms with Gasteiger partial charge in [0, 0.05) is 19.3 Å². The normalized spacial score (nSPS) is 22.9. The first-order valence-electron chi connectivity index (χ1n) is 5.25. The number of pyridine rings is 1. The molecule has 82 valence electrons. The minimum Gasteiger partial charge on any atom is -0.392 e. The van der Waals surface area contributed by atoms with Gasteiger partial charge < -0.3 is 5.11 Å². The minimum atomic E-state index is -0.149. The molecule has 1 aromatic heterocycles. The molecule has 0 aromatic carbocycles. The van der Waals surface area contributed by atoms with Crippen LogP contribution in [0.5, 0.6) is 0 Å². The van der Waals surface area contributed by atoms with E-state index in [9.17, 15) is 5.11 Å². The quantitative estimate of drug-likeness (QED) is 0.833. The number of hydrogen-bond acceptors (Lipinski definition) is 3. The third-order valence-electron chi connectivity index (χ3n) is 2.68. The van der Waals surface area contributed by atoms with E-state index in [0.717, 1.165) is 37.1 Å². The smallest absolute Gasteiger partial charge is 0.106 e. The highest BCUT2D eigenvalue weighted by Gasteiger charge is 2.17. The lowest BCUT2D eigenvalue weighted by molar-refractivity contribution is 0.0668. The van der Waals surface area contributed by atoms with Crippen molar-refractivity contribution in [1.82, 2.24) is 9.88 Å². The van der Waals surface area contributed by atoms with Gasteiger partial charge in [0.25, 0.3) is 0 Å². The average molecular weight is 271 g/mol. The number of rotatable bonds is 2. The first-order chi connectivity index (χ1) is 7.24. The van der Waals surface area contributed by atoms with Crippen molar-refractivity contribution >= 4 is 15.9 Å². The molecule has 15 heavy (non-hydrogen) atoms. The third kappa shape index (κ3) is 3.26.